The minimum atomic E-state index is -0.0412. The largest absolute Gasteiger partial charge is 0.359 e. The van der Waals surface area contributed by atoms with Gasteiger partial charge in [-0.1, -0.05) is 31.2 Å². The highest BCUT2D eigenvalue weighted by atomic mass is 16.5. The summed E-state index contributed by atoms with van der Waals surface area (Å²) in [5, 5.41) is 2.57. The SMILES string of the molecule is CC12CC=C3C=C4CCC(N5CCC5)CC45CCC3(O5)C1CCC2c1ccc2ccncc2c1. The van der Waals surface area contributed by atoms with Gasteiger partial charge in [-0.25, -0.2) is 0 Å². The van der Waals surface area contributed by atoms with Gasteiger partial charge in [-0.3, -0.25) is 4.98 Å². The average molecular weight is 453 g/mol. The second-order valence-corrected chi connectivity index (χ2v) is 12.5. The Morgan fingerprint density at radius 1 is 1.06 bits per heavy atom. The van der Waals surface area contributed by atoms with Crippen LogP contribution in [-0.4, -0.2) is 40.2 Å². The van der Waals surface area contributed by atoms with Gasteiger partial charge >= 0.3 is 0 Å². The van der Waals surface area contributed by atoms with Crippen molar-refractivity contribution in [3.05, 3.63) is 65.5 Å². The molecule has 3 aliphatic heterocycles. The molecule has 2 saturated carbocycles. The molecular formula is C31H36N2O. The van der Waals surface area contributed by atoms with Crippen molar-refractivity contribution in [2.45, 2.75) is 87.9 Å². The maximum atomic E-state index is 7.49. The third kappa shape index (κ3) is 2.53. The van der Waals surface area contributed by atoms with E-state index in [4.69, 9.17) is 4.74 Å². The van der Waals surface area contributed by atoms with Gasteiger partial charge in [0.1, 0.15) is 0 Å². The zero-order valence-corrected chi connectivity index (χ0v) is 20.4. The number of nitrogens with zero attached hydrogens (tertiary/aromatic N) is 2. The van der Waals surface area contributed by atoms with Crippen molar-refractivity contribution < 1.29 is 4.74 Å². The Hall–Kier alpha value is -1.97. The molecule has 8 rings (SSSR count). The molecule has 6 atom stereocenters. The summed E-state index contributed by atoms with van der Waals surface area (Å²) >= 11 is 0. The average Bonchev–Trinajstić information content (AvgIpc) is 3.33. The molecule has 176 valence electrons. The molecule has 4 heterocycles. The highest BCUT2D eigenvalue weighted by Gasteiger charge is 2.66. The van der Waals surface area contributed by atoms with Crippen molar-refractivity contribution in [2.24, 2.45) is 11.3 Å². The van der Waals surface area contributed by atoms with Crippen LogP contribution in [0.5, 0.6) is 0 Å². The predicted octanol–water partition coefficient (Wildman–Crippen LogP) is 6.55. The van der Waals surface area contributed by atoms with Crippen LogP contribution in [0.3, 0.4) is 0 Å². The zero-order chi connectivity index (χ0) is 22.5. The molecule has 4 fully saturated rings. The van der Waals surface area contributed by atoms with Gasteiger partial charge in [0.25, 0.3) is 0 Å². The molecule has 6 unspecified atom stereocenters. The van der Waals surface area contributed by atoms with Crippen LogP contribution in [-0.2, 0) is 4.74 Å². The first-order chi connectivity index (χ1) is 16.6. The summed E-state index contributed by atoms with van der Waals surface area (Å²) in [6, 6.07) is 9.99. The second-order valence-electron chi connectivity index (χ2n) is 12.5. The molecule has 0 radical (unpaired) electrons. The van der Waals surface area contributed by atoms with E-state index in [2.05, 4.69) is 53.2 Å². The van der Waals surface area contributed by atoms with Gasteiger partial charge in [-0.05, 0) is 122 Å². The van der Waals surface area contributed by atoms with E-state index >= 15 is 0 Å². The van der Waals surface area contributed by atoms with Gasteiger partial charge < -0.3 is 9.64 Å². The summed E-state index contributed by atoms with van der Waals surface area (Å²) < 4.78 is 7.49. The number of aromatic nitrogens is 1. The van der Waals surface area contributed by atoms with Crippen LogP contribution >= 0.6 is 0 Å². The van der Waals surface area contributed by atoms with Gasteiger partial charge in [0.05, 0.1) is 11.2 Å². The Morgan fingerprint density at radius 3 is 2.88 bits per heavy atom. The maximum Gasteiger partial charge on any atom is 0.0974 e. The fourth-order valence-electron chi connectivity index (χ4n) is 9.27. The molecule has 0 N–H and O–H groups in total. The standard InChI is InChI=1S/C31H36N2O/c1-29-11-9-25-18-24-5-6-26(33-15-2-16-33)19-30(24)12-13-31(25,34-30)28(29)8-7-27(29)22-4-3-21-10-14-32-20-23(21)17-22/h3-4,9-10,14,17-18,20,26-28H,2,5-8,11-13,15-16,19H2,1H3. The van der Waals surface area contributed by atoms with Crippen molar-refractivity contribution in [3.63, 3.8) is 0 Å². The van der Waals surface area contributed by atoms with Crippen LogP contribution in [0.4, 0.5) is 0 Å². The summed E-state index contributed by atoms with van der Waals surface area (Å²) in [5.74, 6) is 1.22. The first kappa shape index (κ1) is 20.2. The molecule has 3 nitrogen and oxygen atoms in total. The minimum absolute atomic E-state index is 0.0286. The van der Waals surface area contributed by atoms with E-state index in [0.717, 1.165) is 6.04 Å². The lowest BCUT2D eigenvalue weighted by atomic mass is 9.58. The van der Waals surface area contributed by atoms with Crippen LogP contribution in [0.15, 0.2) is 60.0 Å². The lowest BCUT2D eigenvalue weighted by molar-refractivity contribution is -0.142. The van der Waals surface area contributed by atoms with E-state index in [1.807, 2.05) is 12.4 Å². The van der Waals surface area contributed by atoms with Crippen LogP contribution in [0, 0.1) is 11.3 Å². The Kier molecular flexibility index (Phi) is 4.06. The number of ether oxygens (including phenoxy) is 1. The van der Waals surface area contributed by atoms with Crippen molar-refractivity contribution in [1.82, 2.24) is 9.88 Å². The molecule has 2 saturated heterocycles. The number of allylic oxidation sites excluding steroid dienone is 1. The smallest absolute Gasteiger partial charge is 0.0974 e. The molecule has 2 aromatic rings. The maximum absolute atomic E-state index is 7.49. The molecule has 0 amide bonds. The Morgan fingerprint density at radius 2 is 2.00 bits per heavy atom. The third-order valence-corrected chi connectivity index (χ3v) is 11.1. The number of pyridine rings is 1. The topological polar surface area (TPSA) is 25.4 Å². The monoisotopic (exact) mass is 452 g/mol. The van der Waals surface area contributed by atoms with Crippen LogP contribution in [0.25, 0.3) is 10.8 Å². The predicted molar refractivity (Wildman–Crippen MR) is 136 cm³/mol. The third-order valence-electron chi connectivity index (χ3n) is 11.1. The second kappa shape index (κ2) is 6.83. The van der Waals surface area contributed by atoms with Gasteiger partial charge in [0, 0.05) is 23.8 Å². The quantitative estimate of drug-likeness (QED) is 0.516. The summed E-state index contributed by atoms with van der Waals surface area (Å²) in [5.41, 5.74) is 4.94. The number of benzene rings is 1. The first-order valence-corrected chi connectivity index (χ1v) is 13.8. The summed E-state index contributed by atoms with van der Waals surface area (Å²) in [7, 11) is 0. The van der Waals surface area contributed by atoms with E-state index in [1.165, 1.54) is 87.2 Å². The molecule has 3 heteroatoms. The highest BCUT2D eigenvalue weighted by Crippen LogP contribution is 2.69. The molecule has 2 bridgehead atoms. The lowest BCUT2D eigenvalue weighted by Crippen LogP contribution is -2.56. The Balaban J connectivity index is 1.16. The van der Waals surface area contributed by atoms with Crippen molar-refractivity contribution in [1.29, 1.82) is 0 Å². The molecular weight excluding hydrogens is 416 g/mol. The number of fused-ring (bicyclic) bond motifs is 2. The summed E-state index contributed by atoms with van der Waals surface area (Å²) in [4.78, 5) is 7.12. The summed E-state index contributed by atoms with van der Waals surface area (Å²) in [6.45, 7) is 5.20. The fourth-order valence-corrected chi connectivity index (χ4v) is 9.27. The van der Waals surface area contributed by atoms with Crippen molar-refractivity contribution in [3.8, 4) is 0 Å². The zero-order valence-electron chi connectivity index (χ0n) is 20.4. The van der Waals surface area contributed by atoms with Gasteiger partial charge in [-0.2, -0.15) is 0 Å². The Bertz CT molecular complexity index is 1240. The van der Waals surface area contributed by atoms with E-state index in [-0.39, 0.29) is 16.6 Å². The molecule has 1 aromatic carbocycles. The van der Waals surface area contributed by atoms with E-state index in [9.17, 15) is 0 Å². The van der Waals surface area contributed by atoms with E-state index < -0.39 is 0 Å². The molecule has 1 aromatic heterocycles. The number of hydrogen-bond acceptors (Lipinski definition) is 3. The minimum Gasteiger partial charge on any atom is -0.359 e. The van der Waals surface area contributed by atoms with Crippen LogP contribution in [0.2, 0.25) is 0 Å². The van der Waals surface area contributed by atoms with E-state index in [0.29, 0.717) is 11.8 Å². The number of likely N-dealkylation sites (tertiary alicyclic amines) is 1. The molecule has 3 aliphatic carbocycles. The van der Waals surface area contributed by atoms with Gasteiger partial charge in [0.2, 0.25) is 0 Å². The van der Waals surface area contributed by atoms with Crippen LogP contribution < -0.4 is 0 Å². The van der Waals surface area contributed by atoms with E-state index in [1.54, 1.807) is 11.1 Å². The highest BCUT2D eigenvalue weighted by molar-refractivity contribution is 5.82. The van der Waals surface area contributed by atoms with Crippen molar-refractivity contribution in [2.75, 3.05) is 13.1 Å². The first-order valence-electron chi connectivity index (χ1n) is 13.8. The molecule has 2 spiro atoms. The van der Waals surface area contributed by atoms with Gasteiger partial charge in [-0.15, -0.1) is 0 Å². The summed E-state index contributed by atoms with van der Waals surface area (Å²) in [6.07, 6.45) is 20.6. The molecule has 6 aliphatic rings. The van der Waals surface area contributed by atoms with Crippen LogP contribution in [0.1, 0.15) is 76.2 Å². The fraction of sp³-hybridized carbons (Fsp3) is 0.581. The number of hydrogen-bond donors (Lipinski definition) is 0. The van der Waals surface area contributed by atoms with Crippen molar-refractivity contribution >= 4 is 10.8 Å². The molecule has 34 heavy (non-hydrogen) atoms. The Labute approximate surface area is 203 Å². The van der Waals surface area contributed by atoms with Gasteiger partial charge in [0.15, 0.2) is 0 Å². The normalized spacial score (nSPS) is 42.9. The number of rotatable bonds is 2. The lowest BCUT2D eigenvalue weighted by Gasteiger charge is -2.55.